The van der Waals surface area contributed by atoms with Gasteiger partial charge in [-0.05, 0) is 31.2 Å². The molecule has 0 aliphatic carbocycles. The topological polar surface area (TPSA) is 63.9 Å². The summed E-state index contributed by atoms with van der Waals surface area (Å²) in [6.07, 6.45) is 23.5. The fraction of sp³-hybridized carbons (Fsp3) is 0.640. The molecule has 0 radical (unpaired) electrons. The molecule has 0 unspecified atom stereocenters. The molecule has 1 aromatic rings. The number of carbonyl (C=O) groups is 1. The molecule has 0 aliphatic rings. The van der Waals surface area contributed by atoms with Crippen LogP contribution in [0.25, 0.3) is 5.73 Å². The first-order valence-corrected chi connectivity index (χ1v) is 11.3. The number of rotatable bonds is 16. The fourth-order valence-corrected chi connectivity index (χ4v) is 2.95. The predicted octanol–water partition coefficient (Wildman–Crippen LogP) is 1.13. The van der Waals surface area contributed by atoms with E-state index >= 15 is 0 Å². The molecular formula is C25H41K2NO2. The van der Waals surface area contributed by atoms with Gasteiger partial charge in [0, 0.05) is 0 Å². The fourth-order valence-electron chi connectivity index (χ4n) is 2.95. The van der Waals surface area contributed by atoms with Crippen LogP contribution in [0.3, 0.4) is 0 Å². The molecule has 0 saturated heterocycles. The summed E-state index contributed by atoms with van der Waals surface area (Å²) in [7, 11) is 0. The van der Waals surface area contributed by atoms with Crippen molar-refractivity contribution in [1.29, 1.82) is 0 Å². The number of benzene rings is 1. The second kappa shape index (κ2) is 30.7. The molecule has 1 rings (SSSR count). The molecule has 0 heterocycles. The SMILES string of the molecule is CCCCCCCC/C=C\CCCCCCCC[NH-].O=C([O-])c1ccccc1.[K+].[K+]. The first-order valence-electron chi connectivity index (χ1n) is 11.3. The van der Waals surface area contributed by atoms with Crippen LogP contribution in [0.2, 0.25) is 0 Å². The molecule has 1 N–H and O–H groups in total. The smallest absolute Gasteiger partial charge is 0.677 e. The third-order valence-electron chi connectivity index (χ3n) is 4.70. The van der Waals surface area contributed by atoms with E-state index in [0.29, 0.717) is 6.54 Å². The summed E-state index contributed by atoms with van der Waals surface area (Å²) in [5.41, 5.74) is 7.29. The zero-order valence-electron chi connectivity index (χ0n) is 20.0. The Morgan fingerprint density at radius 2 is 1.20 bits per heavy atom. The van der Waals surface area contributed by atoms with E-state index in [2.05, 4.69) is 19.1 Å². The Morgan fingerprint density at radius 1 is 0.767 bits per heavy atom. The van der Waals surface area contributed by atoms with Gasteiger partial charge >= 0.3 is 103 Å². The Labute approximate surface area is 271 Å². The van der Waals surface area contributed by atoms with Crippen LogP contribution in [0.1, 0.15) is 107 Å². The molecule has 0 amide bonds. The van der Waals surface area contributed by atoms with E-state index < -0.39 is 5.97 Å². The molecule has 0 spiro atoms. The Kier molecular flexibility index (Phi) is 37.0. The number of aromatic carboxylic acids is 1. The third kappa shape index (κ3) is 27.7. The maximum absolute atomic E-state index is 10.1. The van der Waals surface area contributed by atoms with Crippen molar-refractivity contribution in [3.8, 4) is 0 Å². The van der Waals surface area contributed by atoms with Crippen molar-refractivity contribution in [3.05, 3.63) is 53.8 Å². The molecular weight excluding hydrogens is 424 g/mol. The number of carboxylic acids is 1. The zero-order chi connectivity index (χ0) is 20.7. The number of hydrogen-bond donors (Lipinski definition) is 0. The second-order valence-electron chi connectivity index (χ2n) is 7.34. The van der Waals surface area contributed by atoms with E-state index in [9.17, 15) is 9.90 Å². The Hall–Kier alpha value is 1.66. The van der Waals surface area contributed by atoms with Gasteiger partial charge in [0.1, 0.15) is 0 Å². The maximum atomic E-state index is 10.1. The largest absolute Gasteiger partial charge is 1.00 e. The van der Waals surface area contributed by atoms with Gasteiger partial charge in [-0.3, -0.25) is 0 Å². The van der Waals surface area contributed by atoms with Crippen molar-refractivity contribution >= 4 is 5.97 Å². The van der Waals surface area contributed by atoms with Crippen molar-refractivity contribution in [3.63, 3.8) is 0 Å². The monoisotopic (exact) mass is 465 g/mol. The van der Waals surface area contributed by atoms with Crippen LogP contribution < -0.4 is 108 Å². The number of unbranched alkanes of at least 4 members (excludes halogenated alkanes) is 12. The molecule has 1 aromatic carbocycles. The van der Waals surface area contributed by atoms with E-state index in [0.717, 1.165) is 6.42 Å². The van der Waals surface area contributed by atoms with Gasteiger partial charge in [0.2, 0.25) is 0 Å². The van der Waals surface area contributed by atoms with Gasteiger partial charge in [0.15, 0.2) is 0 Å². The summed E-state index contributed by atoms with van der Waals surface area (Å²) in [6.45, 7) is 2.89. The van der Waals surface area contributed by atoms with Gasteiger partial charge < -0.3 is 15.6 Å². The van der Waals surface area contributed by atoms with Gasteiger partial charge in [-0.2, -0.15) is 6.54 Å². The number of hydrogen-bond acceptors (Lipinski definition) is 2. The van der Waals surface area contributed by atoms with Crippen molar-refractivity contribution in [2.75, 3.05) is 6.54 Å². The van der Waals surface area contributed by atoms with E-state index in [1.807, 2.05) is 0 Å². The van der Waals surface area contributed by atoms with Crippen LogP contribution in [-0.2, 0) is 0 Å². The van der Waals surface area contributed by atoms with Crippen LogP contribution in [0.5, 0.6) is 0 Å². The Morgan fingerprint density at radius 3 is 1.60 bits per heavy atom. The third-order valence-corrected chi connectivity index (χ3v) is 4.70. The van der Waals surface area contributed by atoms with Gasteiger partial charge in [0.05, 0.1) is 5.97 Å². The van der Waals surface area contributed by atoms with Crippen LogP contribution in [0.15, 0.2) is 42.5 Å². The number of carbonyl (C=O) groups excluding carboxylic acids is 1. The molecule has 0 fully saturated rings. The average molecular weight is 466 g/mol. The minimum absolute atomic E-state index is 0. The minimum Gasteiger partial charge on any atom is -0.677 e. The first-order chi connectivity index (χ1) is 13.7. The Balaban J connectivity index is -0.000000558. The van der Waals surface area contributed by atoms with E-state index in [4.69, 9.17) is 5.73 Å². The minimum atomic E-state index is -1.13. The summed E-state index contributed by atoms with van der Waals surface area (Å²) >= 11 is 0. The van der Waals surface area contributed by atoms with E-state index in [-0.39, 0.29) is 108 Å². The molecule has 0 aromatic heterocycles. The van der Waals surface area contributed by atoms with Gasteiger partial charge in [0.25, 0.3) is 0 Å². The summed E-state index contributed by atoms with van der Waals surface area (Å²) in [5, 5.41) is 10.1. The van der Waals surface area contributed by atoms with Crippen molar-refractivity contribution < 1.29 is 113 Å². The van der Waals surface area contributed by atoms with Gasteiger partial charge in [-0.25, -0.2) is 0 Å². The maximum Gasteiger partial charge on any atom is 1.00 e. The van der Waals surface area contributed by atoms with Crippen molar-refractivity contribution in [2.24, 2.45) is 0 Å². The molecule has 160 valence electrons. The van der Waals surface area contributed by atoms with Crippen molar-refractivity contribution in [2.45, 2.75) is 96.8 Å². The average Bonchev–Trinajstić information content (AvgIpc) is 2.72. The zero-order valence-corrected chi connectivity index (χ0v) is 26.2. The summed E-state index contributed by atoms with van der Waals surface area (Å²) in [5.74, 6) is -1.13. The number of allylic oxidation sites excluding steroid dienone is 2. The molecule has 0 saturated carbocycles. The Bertz CT molecular complexity index is 481. The quantitative estimate of drug-likeness (QED) is 0.209. The molecule has 0 atom stereocenters. The van der Waals surface area contributed by atoms with Crippen LogP contribution in [0, 0.1) is 0 Å². The standard InChI is InChI=1S/C18H36N.C7H6O2.2K/c1-2-3-4-5-6-7-8-9-10-11-12-13-14-15-16-17-18-19;8-7(9)6-4-2-1-3-5-6;;/h9-10,19H,2-8,11-18H2,1H3;1-5H,(H,8,9);;/q-1;;2*+1/p-1/b10-9-;;;. The number of carboxylic acid groups (broad SMARTS) is 1. The normalized spacial score (nSPS) is 9.93. The molecule has 5 heteroatoms. The van der Waals surface area contributed by atoms with Crippen LogP contribution in [0.4, 0.5) is 0 Å². The van der Waals surface area contributed by atoms with Gasteiger partial charge in [-0.15, -0.1) is 0 Å². The second-order valence-corrected chi connectivity index (χ2v) is 7.34. The van der Waals surface area contributed by atoms with E-state index in [1.165, 1.54) is 95.6 Å². The van der Waals surface area contributed by atoms with Gasteiger partial charge in [-0.1, -0.05) is 114 Å². The summed E-state index contributed by atoms with van der Waals surface area (Å²) in [6, 6.07) is 8.06. The van der Waals surface area contributed by atoms with Crippen LogP contribution >= 0.6 is 0 Å². The molecule has 30 heavy (non-hydrogen) atoms. The molecule has 0 aliphatic heterocycles. The summed E-state index contributed by atoms with van der Waals surface area (Å²) in [4.78, 5) is 10.1. The summed E-state index contributed by atoms with van der Waals surface area (Å²) < 4.78 is 0. The predicted molar refractivity (Wildman–Crippen MR) is 119 cm³/mol. The molecule has 3 nitrogen and oxygen atoms in total. The first kappa shape index (κ1) is 36.2. The number of nitrogens with one attached hydrogen (secondary N) is 1. The molecule has 0 bridgehead atoms. The van der Waals surface area contributed by atoms with Crippen molar-refractivity contribution in [1.82, 2.24) is 0 Å². The van der Waals surface area contributed by atoms with E-state index in [1.54, 1.807) is 18.2 Å². The van der Waals surface area contributed by atoms with Crippen LogP contribution in [-0.4, -0.2) is 12.5 Å².